The monoisotopic (exact) mass is 352 g/mol. The molecule has 138 valence electrons. The number of rotatable bonds is 5. The number of aromatic nitrogens is 2. The third-order valence-corrected chi connectivity index (χ3v) is 4.06. The van der Waals surface area contributed by atoms with Crippen molar-refractivity contribution >= 4 is 17.5 Å². The minimum atomic E-state index is -0.454. The van der Waals surface area contributed by atoms with Gasteiger partial charge in [-0.25, -0.2) is 0 Å². The molecule has 0 saturated carbocycles. The van der Waals surface area contributed by atoms with Gasteiger partial charge in [-0.15, -0.1) is 0 Å². The van der Waals surface area contributed by atoms with Crippen molar-refractivity contribution in [2.45, 2.75) is 20.0 Å². The molecule has 2 fully saturated rings. The van der Waals surface area contributed by atoms with Crippen LogP contribution in [0.1, 0.15) is 13.8 Å². The molecule has 1 aromatic rings. The fourth-order valence-corrected chi connectivity index (χ4v) is 2.88. The average molecular weight is 352 g/mol. The van der Waals surface area contributed by atoms with Gasteiger partial charge in [-0.1, -0.05) is 0 Å². The first-order valence-electron chi connectivity index (χ1n) is 8.57. The molecule has 0 atom stereocenters. The maximum atomic E-state index is 11.7. The number of hydrogen-bond donors (Lipinski definition) is 1. The van der Waals surface area contributed by atoms with Crippen LogP contribution in [0, 0.1) is 10.1 Å². The van der Waals surface area contributed by atoms with Crippen LogP contribution in [-0.4, -0.2) is 73.5 Å². The van der Waals surface area contributed by atoms with E-state index in [1.54, 1.807) is 0 Å². The molecular formula is C15H24N6O4. The van der Waals surface area contributed by atoms with Gasteiger partial charge in [0.25, 0.3) is 0 Å². The van der Waals surface area contributed by atoms with E-state index in [1.165, 1.54) is 0 Å². The summed E-state index contributed by atoms with van der Waals surface area (Å²) in [6, 6.07) is 0. The average Bonchev–Trinajstić information content (AvgIpc) is 2.62. The predicted octanol–water partition coefficient (Wildman–Crippen LogP) is 0.418. The molecule has 2 saturated heterocycles. The second kappa shape index (κ2) is 7.79. The molecule has 2 aliphatic heterocycles. The second-order valence-electron chi connectivity index (χ2n) is 6.26. The molecule has 0 amide bonds. The molecule has 10 heteroatoms. The van der Waals surface area contributed by atoms with Gasteiger partial charge >= 0.3 is 11.6 Å². The zero-order valence-corrected chi connectivity index (χ0v) is 14.6. The summed E-state index contributed by atoms with van der Waals surface area (Å²) in [7, 11) is 0. The van der Waals surface area contributed by atoms with Crippen molar-refractivity contribution < 1.29 is 14.4 Å². The van der Waals surface area contributed by atoms with E-state index in [2.05, 4.69) is 15.3 Å². The van der Waals surface area contributed by atoms with E-state index < -0.39 is 4.92 Å². The Morgan fingerprint density at radius 1 is 1.16 bits per heavy atom. The van der Waals surface area contributed by atoms with Gasteiger partial charge in [0, 0.05) is 39.3 Å². The van der Waals surface area contributed by atoms with Crippen LogP contribution in [0.2, 0.25) is 0 Å². The lowest BCUT2D eigenvalue weighted by Gasteiger charge is -2.31. The smallest absolute Gasteiger partial charge is 0.373 e. The van der Waals surface area contributed by atoms with Gasteiger partial charge in [-0.2, -0.15) is 9.97 Å². The van der Waals surface area contributed by atoms with Crippen LogP contribution in [0.3, 0.4) is 0 Å². The maximum absolute atomic E-state index is 11.7. The first-order chi connectivity index (χ1) is 12.1. The molecule has 10 nitrogen and oxygen atoms in total. The minimum absolute atomic E-state index is 0.0324. The van der Waals surface area contributed by atoms with Crippen molar-refractivity contribution in [1.29, 1.82) is 0 Å². The first kappa shape index (κ1) is 17.6. The fraction of sp³-hybridized carbons (Fsp3) is 0.733. The molecule has 3 rings (SSSR count). The normalized spacial score (nSPS) is 18.5. The summed E-state index contributed by atoms with van der Waals surface area (Å²) < 4.78 is 11.0. The summed E-state index contributed by atoms with van der Waals surface area (Å²) in [4.78, 5) is 24.1. The SMILES string of the molecule is CC(C)Oc1nc(N2CCNCC2)nc(N2CCOCC2)c1[N+](=O)[O-]. The molecule has 0 aliphatic carbocycles. The van der Waals surface area contributed by atoms with Crippen molar-refractivity contribution in [3.63, 3.8) is 0 Å². The number of piperazine rings is 1. The Balaban J connectivity index is 2.05. The molecule has 2 aliphatic rings. The zero-order valence-electron chi connectivity index (χ0n) is 14.6. The van der Waals surface area contributed by atoms with Gasteiger partial charge in [0.1, 0.15) is 0 Å². The molecule has 0 radical (unpaired) electrons. The lowest BCUT2D eigenvalue weighted by molar-refractivity contribution is -0.385. The minimum Gasteiger partial charge on any atom is -0.470 e. The highest BCUT2D eigenvalue weighted by Crippen LogP contribution is 2.37. The molecular weight excluding hydrogens is 328 g/mol. The second-order valence-corrected chi connectivity index (χ2v) is 6.26. The van der Waals surface area contributed by atoms with E-state index in [4.69, 9.17) is 9.47 Å². The van der Waals surface area contributed by atoms with Crippen LogP contribution in [0.25, 0.3) is 0 Å². The van der Waals surface area contributed by atoms with E-state index in [-0.39, 0.29) is 17.7 Å². The molecule has 1 N–H and O–H groups in total. The number of hydrogen-bond acceptors (Lipinski definition) is 9. The number of ether oxygens (including phenoxy) is 2. The van der Waals surface area contributed by atoms with E-state index in [1.807, 2.05) is 23.6 Å². The third kappa shape index (κ3) is 4.07. The third-order valence-electron chi connectivity index (χ3n) is 4.06. The Hall–Kier alpha value is -2.20. The summed E-state index contributed by atoms with van der Waals surface area (Å²) in [5.41, 5.74) is -0.172. The lowest BCUT2D eigenvalue weighted by atomic mass is 10.3. The van der Waals surface area contributed by atoms with Crippen LogP contribution in [0.15, 0.2) is 0 Å². The van der Waals surface area contributed by atoms with Crippen molar-refractivity contribution in [2.75, 3.05) is 62.3 Å². The Labute approximate surface area is 146 Å². The Bertz CT molecular complexity index is 614. The van der Waals surface area contributed by atoms with Crippen LogP contribution in [-0.2, 0) is 4.74 Å². The van der Waals surface area contributed by atoms with E-state index in [9.17, 15) is 10.1 Å². The number of nitrogens with one attached hydrogen (secondary N) is 1. The first-order valence-corrected chi connectivity index (χ1v) is 8.57. The van der Waals surface area contributed by atoms with E-state index in [0.29, 0.717) is 38.1 Å². The summed E-state index contributed by atoms with van der Waals surface area (Å²) in [5.74, 6) is 0.821. The number of nitro groups is 1. The van der Waals surface area contributed by atoms with Crippen molar-refractivity contribution in [2.24, 2.45) is 0 Å². The van der Waals surface area contributed by atoms with E-state index >= 15 is 0 Å². The summed E-state index contributed by atoms with van der Waals surface area (Å²) in [5, 5.41) is 15.0. The predicted molar refractivity (Wildman–Crippen MR) is 92.6 cm³/mol. The quantitative estimate of drug-likeness (QED) is 0.596. The Morgan fingerprint density at radius 3 is 2.44 bits per heavy atom. The summed E-state index contributed by atoms with van der Waals surface area (Å²) in [6.07, 6.45) is -0.220. The zero-order chi connectivity index (χ0) is 17.8. The van der Waals surface area contributed by atoms with E-state index in [0.717, 1.165) is 26.2 Å². The van der Waals surface area contributed by atoms with Crippen LogP contribution >= 0.6 is 0 Å². The van der Waals surface area contributed by atoms with Crippen molar-refractivity contribution in [3.05, 3.63) is 10.1 Å². The van der Waals surface area contributed by atoms with Crippen LogP contribution in [0.5, 0.6) is 5.88 Å². The van der Waals surface area contributed by atoms with Crippen molar-refractivity contribution in [1.82, 2.24) is 15.3 Å². The van der Waals surface area contributed by atoms with Gasteiger partial charge in [0.05, 0.1) is 24.2 Å². The molecule has 3 heterocycles. The molecule has 0 spiro atoms. The summed E-state index contributed by atoms with van der Waals surface area (Å²) in [6.45, 7) is 8.95. The summed E-state index contributed by atoms with van der Waals surface area (Å²) >= 11 is 0. The molecule has 0 aromatic carbocycles. The molecule has 0 unspecified atom stereocenters. The topological polar surface area (TPSA) is 106 Å². The number of anilines is 2. The van der Waals surface area contributed by atoms with Gasteiger partial charge < -0.3 is 24.6 Å². The van der Waals surface area contributed by atoms with Gasteiger partial charge in [0.15, 0.2) is 0 Å². The van der Waals surface area contributed by atoms with Crippen LogP contribution < -0.4 is 19.9 Å². The van der Waals surface area contributed by atoms with Gasteiger partial charge in [0.2, 0.25) is 11.8 Å². The highest BCUT2D eigenvalue weighted by atomic mass is 16.6. The fourth-order valence-electron chi connectivity index (χ4n) is 2.88. The molecule has 0 bridgehead atoms. The number of morpholine rings is 1. The highest BCUT2D eigenvalue weighted by molar-refractivity contribution is 5.66. The highest BCUT2D eigenvalue weighted by Gasteiger charge is 2.32. The maximum Gasteiger partial charge on any atom is 0.373 e. The molecule has 25 heavy (non-hydrogen) atoms. The molecule has 1 aromatic heterocycles. The lowest BCUT2D eigenvalue weighted by Crippen LogP contribution is -2.44. The Morgan fingerprint density at radius 2 is 1.84 bits per heavy atom. The van der Waals surface area contributed by atoms with Crippen molar-refractivity contribution in [3.8, 4) is 5.88 Å². The van der Waals surface area contributed by atoms with Crippen LogP contribution in [0.4, 0.5) is 17.5 Å². The Kier molecular flexibility index (Phi) is 5.49. The largest absolute Gasteiger partial charge is 0.470 e. The van der Waals surface area contributed by atoms with Gasteiger partial charge in [-0.05, 0) is 13.8 Å². The standard InChI is InChI=1S/C15H24N6O4/c1-11(2)25-14-12(21(22)23)13(19-7-9-24-10-8-19)17-15(18-14)20-5-3-16-4-6-20/h11,16H,3-10H2,1-2H3. The van der Waals surface area contributed by atoms with Gasteiger partial charge in [-0.3, -0.25) is 10.1 Å². The number of nitrogens with zero attached hydrogens (tertiary/aromatic N) is 5.